The molecule has 5 heteroatoms. The zero-order chi connectivity index (χ0) is 12.8. The van der Waals surface area contributed by atoms with Gasteiger partial charge in [-0.25, -0.2) is 0 Å². The van der Waals surface area contributed by atoms with Crippen molar-refractivity contribution in [1.82, 2.24) is 15.5 Å². The molecule has 0 radical (unpaired) electrons. The molecule has 0 atom stereocenters. The molecule has 0 aliphatic carbocycles. The molecule has 1 aromatic carbocycles. The van der Waals surface area contributed by atoms with Crippen molar-refractivity contribution in [3.8, 4) is 11.5 Å². The average molecular weight is 247 g/mol. The van der Waals surface area contributed by atoms with Crippen LogP contribution in [0.25, 0.3) is 11.5 Å². The standard InChI is InChI=1S/C13H17N3O2/c1-10-5-3-4-6-11(10)13-16-15-12(18-13)9-14-7-8-17-2/h3-6,14H,7-9H2,1-2H3. The molecule has 1 N–H and O–H groups in total. The van der Waals surface area contributed by atoms with E-state index in [0.29, 0.717) is 24.9 Å². The molecule has 0 saturated heterocycles. The number of benzene rings is 1. The highest BCUT2D eigenvalue weighted by Crippen LogP contribution is 2.21. The molecular formula is C13H17N3O2. The van der Waals surface area contributed by atoms with Crippen LogP contribution in [0.3, 0.4) is 0 Å². The van der Waals surface area contributed by atoms with Crippen molar-refractivity contribution >= 4 is 0 Å². The number of ether oxygens (including phenoxy) is 1. The Balaban J connectivity index is 2.00. The van der Waals surface area contributed by atoms with E-state index in [1.54, 1.807) is 7.11 Å². The largest absolute Gasteiger partial charge is 0.419 e. The second-order valence-corrected chi connectivity index (χ2v) is 3.99. The lowest BCUT2D eigenvalue weighted by Crippen LogP contribution is -2.18. The van der Waals surface area contributed by atoms with Gasteiger partial charge in [0.15, 0.2) is 0 Å². The normalized spacial score (nSPS) is 10.8. The van der Waals surface area contributed by atoms with Crippen LogP contribution in [0.2, 0.25) is 0 Å². The van der Waals surface area contributed by atoms with Gasteiger partial charge in [0.25, 0.3) is 0 Å². The summed E-state index contributed by atoms with van der Waals surface area (Å²) in [6.45, 7) is 4.01. The van der Waals surface area contributed by atoms with E-state index in [0.717, 1.165) is 17.7 Å². The van der Waals surface area contributed by atoms with Crippen LogP contribution in [0.1, 0.15) is 11.5 Å². The lowest BCUT2D eigenvalue weighted by Gasteiger charge is -2.00. The summed E-state index contributed by atoms with van der Waals surface area (Å²) in [5.74, 6) is 1.15. The molecule has 2 aromatic rings. The summed E-state index contributed by atoms with van der Waals surface area (Å²) >= 11 is 0. The number of nitrogens with zero attached hydrogens (tertiary/aromatic N) is 2. The number of nitrogens with one attached hydrogen (secondary N) is 1. The summed E-state index contributed by atoms with van der Waals surface area (Å²) in [5.41, 5.74) is 2.10. The molecule has 0 amide bonds. The van der Waals surface area contributed by atoms with Gasteiger partial charge in [0, 0.05) is 19.2 Å². The highest BCUT2D eigenvalue weighted by atomic mass is 16.5. The fraction of sp³-hybridized carbons (Fsp3) is 0.385. The van der Waals surface area contributed by atoms with Crippen molar-refractivity contribution in [2.75, 3.05) is 20.3 Å². The van der Waals surface area contributed by atoms with Gasteiger partial charge in [-0.3, -0.25) is 0 Å². The Hall–Kier alpha value is -1.72. The maximum absolute atomic E-state index is 5.61. The molecular weight excluding hydrogens is 230 g/mol. The van der Waals surface area contributed by atoms with Crippen molar-refractivity contribution in [3.05, 3.63) is 35.7 Å². The topological polar surface area (TPSA) is 60.2 Å². The quantitative estimate of drug-likeness (QED) is 0.788. The van der Waals surface area contributed by atoms with Crippen LogP contribution in [-0.2, 0) is 11.3 Å². The molecule has 18 heavy (non-hydrogen) atoms. The number of hydrogen-bond acceptors (Lipinski definition) is 5. The Kier molecular flexibility index (Phi) is 4.44. The van der Waals surface area contributed by atoms with E-state index in [1.807, 2.05) is 31.2 Å². The predicted molar refractivity (Wildman–Crippen MR) is 68.1 cm³/mol. The van der Waals surface area contributed by atoms with E-state index in [-0.39, 0.29) is 0 Å². The second-order valence-electron chi connectivity index (χ2n) is 3.99. The molecule has 96 valence electrons. The molecule has 0 spiro atoms. The van der Waals surface area contributed by atoms with E-state index in [4.69, 9.17) is 9.15 Å². The Morgan fingerprint density at radius 1 is 1.28 bits per heavy atom. The number of hydrogen-bond donors (Lipinski definition) is 1. The van der Waals surface area contributed by atoms with Gasteiger partial charge in [-0.15, -0.1) is 10.2 Å². The first-order valence-electron chi connectivity index (χ1n) is 5.89. The summed E-state index contributed by atoms with van der Waals surface area (Å²) in [6.07, 6.45) is 0. The number of rotatable bonds is 6. The van der Waals surface area contributed by atoms with Crippen LogP contribution in [0, 0.1) is 6.92 Å². The SMILES string of the molecule is COCCNCc1nnc(-c2ccccc2C)o1. The minimum absolute atomic E-state index is 0.558. The Bertz CT molecular complexity index is 496. The van der Waals surface area contributed by atoms with E-state index < -0.39 is 0 Å². The van der Waals surface area contributed by atoms with Gasteiger partial charge in [0.2, 0.25) is 11.8 Å². The van der Waals surface area contributed by atoms with E-state index in [2.05, 4.69) is 15.5 Å². The molecule has 0 aliphatic heterocycles. The first-order chi connectivity index (χ1) is 8.81. The van der Waals surface area contributed by atoms with Gasteiger partial charge in [-0.2, -0.15) is 0 Å². The zero-order valence-corrected chi connectivity index (χ0v) is 10.6. The van der Waals surface area contributed by atoms with Gasteiger partial charge < -0.3 is 14.5 Å². The van der Waals surface area contributed by atoms with Gasteiger partial charge in [0.1, 0.15) is 0 Å². The van der Waals surface area contributed by atoms with Crippen molar-refractivity contribution < 1.29 is 9.15 Å². The van der Waals surface area contributed by atoms with Gasteiger partial charge in [0.05, 0.1) is 13.2 Å². The van der Waals surface area contributed by atoms with Crippen LogP contribution in [0.15, 0.2) is 28.7 Å². The minimum Gasteiger partial charge on any atom is -0.419 e. The highest BCUT2D eigenvalue weighted by Gasteiger charge is 2.09. The zero-order valence-electron chi connectivity index (χ0n) is 10.6. The molecule has 1 aromatic heterocycles. The maximum atomic E-state index is 5.61. The highest BCUT2D eigenvalue weighted by molar-refractivity contribution is 5.57. The third-order valence-corrected chi connectivity index (χ3v) is 2.60. The summed E-state index contributed by atoms with van der Waals surface area (Å²) in [6, 6.07) is 7.95. The summed E-state index contributed by atoms with van der Waals surface area (Å²) in [4.78, 5) is 0. The second kappa shape index (κ2) is 6.28. The molecule has 0 saturated carbocycles. The lowest BCUT2D eigenvalue weighted by atomic mass is 10.1. The Labute approximate surface area is 106 Å². The van der Waals surface area contributed by atoms with E-state index in [1.165, 1.54) is 0 Å². The van der Waals surface area contributed by atoms with Crippen molar-refractivity contribution in [1.29, 1.82) is 0 Å². The Morgan fingerprint density at radius 2 is 2.11 bits per heavy atom. The van der Waals surface area contributed by atoms with Crippen LogP contribution < -0.4 is 5.32 Å². The maximum Gasteiger partial charge on any atom is 0.248 e. The number of aromatic nitrogens is 2. The molecule has 0 fully saturated rings. The first-order valence-corrected chi connectivity index (χ1v) is 5.89. The smallest absolute Gasteiger partial charge is 0.248 e. The monoisotopic (exact) mass is 247 g/mol. The third kappa shape index (κ3) is 3.15. The van der Waals surface area contributed by atoms with Crippen molar-refractivity contribution in [3.63, 3.8) is 0 Å². The van der Waals surface area contributed by atoms with Gasteiger partial charge in [-0.05, 0) is 18.6 Å². The van der Waals surface area contributed by atoms with E-state index in [9.17, 15) is 0 Å². The average Bonchev–Trinajstić information content (AvgIpc) is 2.84. The van der Waals surface area contributed by atoms with Crippen LogP contribution in [0.5, 0.6) is 0 Å². The summed E-state index contributed by atoms with van der Waals surface area (Å²) in [5, 5.41) is 11.2. The fourth-order valence-electron chi connectivity index (χ4n) is 1.62. The molecule has 0 aliphatic rings. The van der Waals surface area contributed by atoms with Gasteiger partial charge >= 0.3 is 0 Å². The van der Waals surface area contributed by atoms with E-state index >= 15 is 0 Å². The van der Waals surface area contributed by atoms with Crippen LogP contribution in [-0.4, -0.2) is 30.5 Å². The van der Waals surface area contributed by atoms with Gasteiger partial charge in [-0.1, -0.05) is 18.2 Å². The lowest BCUT2D eigenvalue weighted by molar-refractivity contribution is 0.198. The molecule has 5 nitrogen and oxygen atoms in total. The third-order valence-electron chi connectivity index (χ3n) is 2.60. The summed E-state index contributed by atoms with van der Waals surface area (Å²) in [7, 11) is 1.67. The molecule has 1 heterocycles. The van der Waals surface area contributed by atoms with Crippen molar-refractivity contribution in [2.24, 2.45) is 0 Å². The molecule has 2 rings (SSSR count). The number of methoxy groups -OCH3 is 1. The van der Waals surface area contributed by atoms with Crippen LogP contribution in [0.4, 0.5) is 0 Å². The first kappa shape index (κ1) is 12.7. The fourth-order valence-corrected chi connectivity index (χ4v) is 1.62. The van der Waals surface area contributed by atoms with Crippen molar-refractivity contribution in [2.45, 2.75) is 13.5 Å². The minimum atomic E-state index is 0.558. The Morgan fingerprint density at radius 3 is 2.89 bits per heavy atom. The molecule has 0 bridgehead atoms. The number of aryl methyl sites for hydroxylation is 1. The molecule has 0 unspecified atom stereocenters. The summed E-state index contributed by atoms with van der Waals surface area (Å²) < 4.78 is 10.5. The van der Waals surface area contributed by atoms with Crippen LogP contribution >= 0.6 is 0 Å². The predicted octanol–water partition coefficient (Wildman–Crippen LogP) is 1.78.